The van der Waals surface area contributed by atoms with Crippen LogP contribution < -0.4 is 15.3 Å². The molecule has 5 heteroatoms. The summed E-state index contributed by atoms with van der Waals surface area (Å²) in [6, 6.07) is 9.90. The van der Waals surface area contributed by atoms with Crippen LogP contribution in [0.5, 0.6) is 0 Å². The van der Waals surface area contributed by atoms with Crippen molar-refractivity contribution in [3.8, 4) is 0 Å². The molecule has 28 heavy (non-hydrogen) atoms. The first-order valence-corrected chi connectivity index (χ1v) is 10.6. The minimum absolute atomic E-state index is 0.0372. The predicted molar refractivity (Wildman–Crippen MR) is 108 cm³/mol. The van der Waals surface area contributed by atoms with Crippen LogP contribution in [0.4, 0.5) is 0 Å². The summed E-state index contributed by atoms with van der Waals surface area (Å²) in [5, 5.41) is 14.2. The number of quaternary nitrogens is 1. The largest absolute Gasteiger partial charge is 0.550 e. The molecule has 0 radical (unpaired) electrons. The van der Waals surface area contributed by atoms with Crippen LogP contribution in [0.1, 0.15) is 32.8 Å². The Morgan fingerprint density at radius 1 is 1.00 bits per heavy atom. The zero-order chi connectivity index (χ0) is 20.5. The molecule has 154 valence electrons. The van der Waals surface area contributed by atoms with Crippen LogP contribution in [0.3, 0.4) is 0 Å². The molecule has 0 heterocycles. The van der Waals surface area contributed by atoms with Gasteiger partial charge < -0.3 is 20.1 Å². The molecule has 2 bridgehead atoms. The quantitative estimate of drug-likeness (QED) is 0.638. The monoisotopic (exact) mass is 386 g/mol. The Morgan fingerprint density at radius 2 is 1.57 bits per heavy atom. The Hall–Kier alpha value is -2.14. The highest BCUT2D eigenvalue weighted by Gasteiger charge is 2.48. The number of carboxylic acids is 1. The number of aliphatic carboxylic acids is 1. The van der Waals surface area contributed by atoms with Crippen molar-refractivity contribution in [2.45, 2.75) is 33.6 Å². The first kappa shape index (κ1) is 22.2. The summed E-state index contributed by atoms with van der Waals surface area (Å²) in [5.74, 6) is -2.39. The standard InChI is InChI=1S/C17H19NO3.C6H15N/c19-16(18-9-8-11-4-2-1-3-5-11)14-12-6-7-13(10-12)15(14)17(20)21;1-4-7(5-2)6-3/h1-7,12-15H,8-10H2,(H,18,19)(H,20,21);4-6H2,1-3H3. The van der Waals surface area contributed by atoms with Gasteiger partial charge in [-0.2, -0.15) is 0 Å². The van der Waals surface area contributed by atoms with Gasteiger partial charge in [0, 0.05) is 18.4 Å². The van der Waals surface area contributed by atoms with E-state index in [1.54, 1.807) is 4.90 Å². The van der Waals surface area contributed by atoms with E-state index >= 15 is 0 Å². The fourth-order valence-corrected chi connectivity index (χ4v) is 4.34. The fraction of sp³-hybridized carbons (Fsp3) is 0.565. The van der Waals surface area contributed by atoms with Gasteiger partial charge in [-0.3, -0.25) is 4.79 Å². The molecular weight excluding hydrogens is 352 g/mol. The minimum atomic E-state index is -1.10. The molecule has 0 aromatic heterocycles. The Bertz CT molecular complexity index is 650. The van der Waals surface area contributed by atoms with Crippen LogP contribution in [-0.2, 0) is 16.0 Å². The Balaban J connectivity index is 0.000000345. The molecule has 4 atom stereocenters. The van der Waals surface area contributed by atoms with Crippen LogP contribution in [-0.4, -0.2) is 38.1 Å². The Kier molecular flexibility index (Phi) is 8.71. The maximum atomic E-state index is 12.3. The summed E-state index contributed by atoms with van der Waals surface area (Å²) < 4.78 is 0. The van der Waals surface area contributed by atoms with Gasteiger partial charge in [-0.05, 0) is 51.0 Å². The SMILES string of the molecule is CC[NH+](CC)CC.O=C([O-])C1C2C=CC(C2)C1C(=O)NCCc1ccccc1. The van der Waals surface area contributed by atoms with Gasteiger partial charge in [0.2, 0.25) is 5.91 Å². The Labute approximate surface area is 168 Å². The van der Waals surface area contributed by atoms with Crippen LogP contribution in [0.25, 0.3) is 0 Å². The van der Waals surface area contributed by atoms with Gasteiger partial charge in [0.15, 0.2) is 0 Å². The minimum Gasteiger partial charge on any atom is -0.550 e. The predicted octanol–water partition coefficient (Wildman–Crippen LogP) is 0.465. The maximum Gasteiger partial charge on any atom is 0.224 e. The van der Waals surface area contributed by atoms with E-state index in [4.69, 9.17) is 0 Å². The van der Waals surface area contributed by atoms with Crippen molar-refractivity contribution in [1.29, 1.82) is 0 Å². The molecule has 2 aliphatic carbocycles. The summed E-state index contributed by atoms with van der Waals surface area (Å²) in [4.78, 5) is 25.3. The molecule has 2 N–H and O–H groups in total. The van der Waals surface area contributed by atoms with Gasteiger partial charge in [0.25, 0.3) is 0 Å². The molecule has 4 unspecified atom stereocenters. The van der Waals surface area contributed by atoms with Crippen molar-refractivity contribution in [2.24, 2.45) is 23.7 Å². The molecule has 1 amide bonds. The molecule has 1 saturated carbocycles. The highest BCUT2D eigenvalue weighted by Crippen LogP contribution is 2.47. The lowest BCUT2D eigenvalue weighted by molar-refractivity contribution is -0.894. The molecule has 3 rings (SSSR count). The number of carbonyl (C=O) groups is 2. The van der Waals surface area contributed by atoms with Gasteiger partial charge in [-0.15, -0.1) is 0 Å². The van der Waals surface area contributed by atoms with Crippen molar-refractivity contribution in [3.63, 3.8) is 0 Å². The van der Waals surface area contributed by atoms with Crippen molar-refractivity contribution < 1.29 is 19.6 Å². The normalized spacial score (nSPS) is 24.7. The van der Waals surface area contributed by atoms with Crippen LogP contribution in [0.2, 0.25) is 0 Å². The molecule has 1 aromatic carbocycles. The third-order valence-electron chi connectivity index (χ3n) is 6.09. The van der Waals surface area contributed by atoms with E-state index in [2.05, 4.69) is 26.1 Å². The van der Waals surface area contributed by atoms with Crippen molar-refractivity contribution in [2.75, 3.05) is 26.2 Å². The zero-order valence-electron chi connectivity index (χ0n) is 17.3. The second-order valence-electron chi connectivity index (χ2n) is 7.66. The number of rotatable bonds is 8. The number of benzene rings is 1. The lowest BCUT2D eigenvalue weighted by Gasteiger charge is -2.27. The van der Waals surface area contributed by atoms with E-state index in [9.17, 15) is 14.7 Å². The first-order chi connectivity index (χ1) is 13.5. The average molecular weight is 387 g/mol. The first-order valence-electron chi connectivity index (χ1n) is 10.6. The second kappa shape index (κ2) is 11.0. The van der Waals surface area contributed by atoms with Gasteiger partial charge in [0.05, 0.1) is 25.6 Å². The van der Waals surface area contributed by atoms with Crippen LogP contribution in [0.15, 0.2) is 42.5 Å². The third kappa shape index (κ3) is 5.68. The van der Waals surface area contributed by atoms with E-state index < -0.39 is 17.8 Å². The number of nitrogens with one attached hydrogen (secondary N) is 2. The topological polar surface area (TPSA) is 73.7 Å². The second-order valence-corrected chi connectivity index (χ2v) is 7.66. The highest BCUT2D eigenvalue weighted by molar-refractivity contribution is 5.86. The molecule has 1 aromatic rings. The molecule has 0 aliphatic heterocycles. The summed E-state index contributed by atoms with van der Waals surface area (Å²) >= 11 is 0. The summed E-state index contributed by atoms with van der Waals surface area (Å²) in [5.41, 5.74) is 1.15. The van der Waals surface area contributed by atoms with Crippen LogP contribution >= 0.6 is 0 Å². The number of amides is 1. The van der Waals surface area contributed by atoms with Gasteiger partial charge in [-0.25, -0.2) is 0 Å². The van der Waals surface area contributed by atoms with Crippen molar-refractivity contribution in [3.05, 3.63) is 48.0 Å². The Morgan fingerprint density at radius 3 is 2.07 bits per heavy atom. The number of fused-ring (bicyclic) bond motifs is 2. The van der Waals surface area contributed by atoms with Crippen LogP contribution in [0, 0.1) is 23.7 Å². The van der Waals surface area contributed by atoms with E-state index in [0.717, 1.165) is 18.4 Å². The van der Waals surface area contributed by atoms with Crippen molar-refractivity contribution in [1.82, 2.24) is 5.32 Å². The highest BCUT2D eigenvalue weighted by atomic mass is 16.4. The smallest absolute Gasteiger partial charge is 0.224 e. The van der Waals surface area contributed by atoms with E-state index in [1.807, 2.05) is 42.5 Å². The zero-order valence-corrected chi connectivity index (χ0v) is 17.3. The van der Waals surface area contributed by atoms with E-state index in [0.29, 0.717) is 6.54 Å². The van der Waals surface area contributed by atoms with E-state index in [1.165, 1.54) is 19.6 Å². The molecular formula is C23H34N2O3. The third-order valence-corrected chi connectivity index (χ3v) is 6.09. The molecule has 2 aliphatic rings. The fourth-order valence-electron chi connectivity index (χ4n) is 4.34. The lowest BCUT2D eigenvalue weighted by atomic mass is 9.82. The number of carboxylic acid groups (broad SMARTS) is 1. The summed E-state index contributed by atoms with van der Waals surface area (Å²) in [6.45, 7) is 11.0. The lowest BCUT2D eigenvalue weighted by Crippen LogP contribution is -3.11. The molecule has 0 spiro atoms. The van der Waals surface area contributed by atoms with Gasteiger partial charge in [-0.1, -0.05) is 42.5 Å². The number of hydrogen-bond donors (Lipinski definition) is 2. The van der Waals surface area contributed by atoms with Gasteiger partial charge in [0.1, 0.15) is 0 Å². The number of hydrogen-bond acceptors (Lipinski definition) is 3. The molecule has 1 fully saturated rings. The number of allylic oxidation sites excluding steroid dienone is 2. The molecule has 5 nitrogen and oxygen atoms in total. The maximum absolute atomic E-state index is 12.3. The number of carbonyl (C=O) groups excluding carboxylic acids is 2. The average Bonchev–Trinajstić information content (AvgIpc) is 3.32. The van der Waals surface area contributed by atoms with E-state index in [-0.39, 0.29) is 17.7 Å². The van der Waals surface area contributed by atoms with Crippen molar-refractivity contribution >= 4 is 11.9 Å². The summed E-state index contributed by atoms with van der Waals surface area (Å²) in [6.07, 6.45) is 5.40. The van der Waals surface area contributed by atoms with Gasteiger partial charge >= 0.3 is 0 Å². The summed E-state index contributed by atoms with van der Waals surface area (Å²) in [7, 11) is 0. The molecule has 0 saturated heterocycles.